The SMILES string of the molecule is O=C(/C=C/c1ccco1)NCC[C@H](O)C(=O)O. The van der Waals surface area contributed by atoms with Gasteiger partial charge in [0, 0.05) is 19.0 Å². The maximum absolute atomic E-state index is 11.2. The van der Waals surface area contributed by atoms with Gasteiger partial charge >= 0.3 is 5.97 Å². The van der Waals surface area contributed by atoms with E-state index in [1.165, 1.54) is 18.4 Å². The molecule has 1 rings (SSSR count). The molecule has 0 spiro atoms. The average molecular weight is 239 g/mol. The number of nitrogens with one attached hydrogen (secondary N) is 1. The Hall–Kier alpha value is -2.08. The predicted octanol–water partition coefficient (Wildman–Crippen LogP) is 0.245. The Morgan fingerprint density at radius 3 is 2.88 bits per heavy atom. The molecule has 0 unspecified atom stereocenters. The van der Waals surface area contributed by atoms with Crippen molar-refractivity contribution in [2.45, 2.75) is 12.5 Å². The number of amides is 1. The van der Waals surface area contributed by atoms with E-state index in [0.29, 0.717) is 5.76 Å². The third-order valence-corrected chi connectivity index (χ3v) is 1.94. The molecule has 0 aliphatic carbocycles. The van der Waals surface area contributed by atoms with E-state index in [1.807, 2.05) is 0 Å². The Morgan fingerprint density at radius 2 is 2.29 bits per heavy atom. The summed E-state index contributed by atoms with van der Waals surface area (Å²) >= 11 is 0. The van der Waals surface area contributed by atoms with Crippen LogP contribution in [-0.4, -0.2) is 34.7 Å². The van der Waals surface area contributed by atoms with E-state index in [1.54, 1.807) is 12.1 Å². The fraction of sp³-hybridized carbons (Fsp3) is 0.273. The lowest BCUT2D eigenvalue weighted by Gasteiger charge is -2.05. The number of furan rings is 1. The van der Waals surface area contributed by atoms with Crippen molar-refractivity contribution in [3.05, 3.63) is 30.2 Å². The molecule has 1 heterocycles. The first-order valence-corrected chi connectivity index (χ1v) is 5.00. The van der Waals surface area contributed by atoms with Crippen LogP contribution in [-0.2, 0) is 9.59 Å². The first kappa shape index (κ1) is 13.0. The molecule has 17 heavy (non-hydrogen) atoms. The van der Waals surface area contributed by atoms with Gasteiger partial charge in [-0.25, -0.2) is 4.79 Å². The van der Waals surface area contributed by atoms with Crippen LogP contribution < -0.4 is 5.32 Å². The van der Waals surface area contributed by atoms with Gasteiger partial charge in [0.1, 0.15) is 5.76 Å². The molecule has 92 valence electrons. The Balaban J connectivity index is 2.24. The van der Waals surface area contributed by atoms with E-state index >= 15 is 0 Å². The van der Waals surface area contributed by atoms with Crippen LogP contribution in [0.3, 0.4) is 0 Å². The van der Waals surface area contributed by atoms with Gasteiger partial charge in [0.15, 0.2) is 6.10 Å². The standard InChI is InChI=1S/C11H13NO5/c13-9(11(15)16)5-6-12-10(14)4-3-8-2-1-7-17-8/h1-4,7,9,13H,5-6H2,(H,12,14)(H,15,16)/b4-3+/t9-/m0/s1. The van der Waals surface area contributed by atoms with Gasteiger partial charge in [-0.05, 0) is 18.2 Å². The van der Waals surface area contributed by atoms with E-state index in [0.717, 1.165) is 0 Å². The summed E-state index contributed by atoms with van der Waals surface area (Å²) in [5.74, 6) is -1.13. The largest absolute Gasteiger partial charge is 0.479 e. The lowest BCUT2D eigenvalue weighted by Crippen LogP contribution is -2.28. The van der Waals surface area contributed by atoms with Crippen molar-refractivity contribution >= 4 is 18.0 Å². The molecule has 1 aromatic heterocycles. The van der Waals surface area contributed by atoms with Crippen LogP contribution in [0.4, 0.5) is 0 Å². The Bertz CT molecular complexity index is 396. The van der Waals surface area contributed by atoms with Gasteiger partial charge in [-0.15, -0.1) is 0 Å². The second-order valence-electron chi connectivity index (χ2n) is 3.28. The summed E-state index contributed by atoms with van der Waals surface area (Å²) in [4.78, 5) is 21.5. The van der Waals surface area contributed by atoms with E-state index in [2.05, 4.69) is 5.32 Å². The molecule has 6 nitrogen and oxygen atoms in total. The van der Waals surface area contributed by atoms with E-state index < -0.39 is 12.1 Å². The van der Waals surface area contributed by atoms with Crippen LogP contribution >= 0.6 is 0 Å². The van der Waals surface area contributed by atoms with Crippen LogP contribution in [0.15, 0.2) is 28.9 Å². The zero-order valence-electron chi connectivity index (χ0n) is 9.00. The fourth-order valence-electron chi connectivity index (χ4n) is 1.06. The summed E-state index contributed by atoms with van der Waals surface area (Å²) in [6.07, 6.45) is 2.76. The number of rotatable bonds is 6. The molecule has 0 aliphatic heterocycles. The summed E-state index contributed by atoms with van der Waals surface area (Å²) < 4.78 is 4.97. The summed E-state index contributed by atoms with van der Waals surface area (Å²) in [7, 11) is 0. The van der Waals surface area contributed by atoms with Crippen molar-refractivity contribution in [1.29, 1.82) is 0 Å². The number of hydrogen-bond acceptors (Lipinski definition) is 4. The van der Waals surface area contributed by atoms with Crippen molar-refractivity contribution in [3.63, 3.8) is 0 Å². The zero-order chi connectivity index (χ0) is 12.7. The topological polar surface area (TPSA) is 99.8 Å². The van der Waals surface area contributed by atoms with Crippen LogP contribution in [0.1, 0.15) is 12.2 Å². The van der Waals surface area contributed by atoms with E-state index in [-0.39, 0.29) is 18.9 Å². The highest BCUT2D eigenvalue weighted by atomic mass is 16.4. The summed E-state index contributed by atoms with van der Waals surface area (Å²) in [5.41, 5.74) is 0. The minimum Gasteiger partial charge on any atom is -0.479 e. The van der Waals surface area contributed by atoms with Crippen molar-refractivity contribution < 1.29 is 24.2 Å². The number of carbonyl (C=O) groups is 2. The highest BCUT2D eigenvalue weighted by Crippen LogP contribution is 2.01. The Labute approximate surface area is 97.6 Å². The molecule has 0 saturated carbocycles. The molecule has 0 aromatic carbocycles. The molecule has 0 saturated heterocycles. The van der Waals surface area contributed by atoms with Gasteiger partial charge in [-0.3, -0.25) is 4.79 Å². The van der Waals surface area contributed by atoms with Gasteiger partial charge in [0.2, 0.25) is 5.91 Å². The van der Waals surface area contributed by atoms with Crippen LogP contribution in [0.2, 0.25) is 0 Å². The second kappa shape index (κ2) is 6.49. The molecule has 0 bridgehead atoms. The normalized spacial score (nSPS) is 12.5. The zero-order valence-corrected chi connectivity index (χ0v) is 9.00. The summed E-state index contributed by atoms with van der Waals surface area (Å²) in [6.45, 7) is 0.0921. The highest BCUT2D eigenvalue weighted by Gasteiger charge is 2.12. The van der Waals surface area contributed by atoms with Crippen molar-refractivity contribution in [3.8, 4) is 0 Å². The summed E-state index contributed by atoms with van der Waals surface area (Å²) in [6, 6.07) is 3.39. The van der Waals surface area contributed by atoms with Gasteiger partial charge in [0.25, 0.3) is 0 Å². The summed E-state index contributed by atoms with van der Waals surface area (Å²) in [5, 5.41) is 19.8. The second-order valence-corrected chi connectivity index (χ2v) is 3.28. The predicted molar refractivity (Wildman–Crippen MR) is 59.0 cm³/mol. The molecule has 3 N–H and O–H groups in total. The molecule has 0 radical (unpaired) electrons. The molecule has 0 fully saturated rings. The maximum atomic E-state index is 11.2. The number of hydrogen-bond donors (Lipinski definition) is 3. The molecule has 6 heteroatoms. The first-order chi connectivity index (χ1) is 8.09. The maximum Gasteiger partial charge on any atom is 0.332 e. The average Bonchev–Trinajstić information content (AvgIpc) is 2.78. The molecular formula is C11H13NO5. The minimum atomic E-state index is -1.45. The van der Waals surface area contributed by atoms with Gasteiger partial charge in [-0.1, -0.05) is 0 Å². The quantitative estimate of drug-likeness (QED) is 0.618. The monoisotopic (exact) mass is 239 g/mol. The van der Waals surface area contributed by atoms with Crippen molar-refractivity contribution in [1.82, 2.24) is 5.32 Å². The Kier molecular flexibility index (Phi) is 4.96. The van der Waals surface area contributed by atoms with Crippen molar-refractivity contribution in [2.75, 3.05) is 6.54 Å². The third kappa shape index (κ3) is 4.98. The minimum absolute atomic E-state index is 0.0321. The van der Waals surface area contributed by atoms with Gasteiger partial charge < -0.3 is 19.9 Å². The van der Waals surface area contributed by atoms with E-state index in [4.69, 9.17) is 14.6 Å². The number of aliphatic hydroxyl groups excluding tert-OH is 1. The van der Waals surface area contributed by atoms with Gasteiger partial charge in [-0.2, -0.15) is 0 Å². The number of aliphatic hydroxyl groups is 1. The van der Waals surface area contributed by atoms with Crippen LogP contribution in [0.5, 0.6) is 0 Å². The lowest BCUT2D eigenvalue weighted by molar-refractivity contribution is -0.147. The molecule has 0 aliphatic rings. The smallest absolute Gasteiger partial charge is 0.332 e. The third-order valence-electron chi connectivity index (χ3n) is 1.94. The number of carboxylic acids is 1. The molecular weight excluding hydrogens is 226 g/mol. The van der Waals surface area contributed by atoms with E-state index in [9.17, 15) is 9.59 Å². The number of aliphatic carboxylic acids is 1. The molecule has 1 aromatic rings. The van der Waals surface area contributed by atoms with Crippen molar-refractivity contribution in [2.24, 2.45) is 0 Å². The highest BCUT2D eigenvalue weighted by molar-refractivity contribution is 5.91. The first-order valence-electron chi connectivity index (χ1n) is 5.00. The van der Waals surface area contributed by atoms with Gasteiger partial charge in [0.05, 0.1) is 6.26 Å². The molecule has 1 amide bonds. The number of carboxylic acid groups (broad SMARTS) is 1. The Morgan fingerprint density at radius 1 is 1.53 bits per heavy atom. The number of carbonyl (C=O) groups excluding carboxylic acids is 1. The lowest BCUT2D eigenvalue weighted by atomic mass is 10.2. The fourth-order valence-corrected chi connectivity index (χ4v) is 1.06. The van der Waals surface area contributed by atoms with Crippen LogP contribution in [0.25, 0.3) is 6.08 Å². The molecule has 1 atom stereocenters. The van der Waals surface area contributed by atoms with Crippen LogP contribution in [0, 0.1) is 0 Å².